The minimum absolute atomic E-state index is 0.0527. The van der Waals surface area contributed by atoms with Crippen LogP contribution in [0.3, 0.4) is 0 Å². The molecule has 0 saturated carbocycles. The highest BCUT2D eigenvalue weighted by molar-refractivity contribution is 6.05. The van der Waals surface area contributed by atoms with Crippen LogP contribution in [-0.4, -0.2) is 35.1 Å². The third-order valence-corrected chi connectivity index (χ3v) is 9.50. The largest absolute Gasteiger partial charge is 0.396 e. The Kier molecular flexibility index (Phi) is 29.4. The first kappa shape index (κ1) is 41.1. The lowest BCUT2D eigenvalue weighted by molar-refractivity contribution is -0.146. The predicted molar refractivity (Wildman–Crippen MR) is 180 cm³/mol. The van der Waals surface area contributed by atoms with E-state index in [4.69, 9.17) is 5.73 Å². The molecule has 0 saturated heterocycles. The van der Waals surface area contributed by atoms with Gasteiger partial charge in [-0.2, -0.15) is 0 Å². The molecule has 0 aliphatic rings. The van der Waals surface area contributed by atoms with E-state index in [0.717, 1.165) is 38.5 Å². The highest BCUT2D eigenvalue weighted by atomic mass is 16.3. The van der Waals surface area contributed by atoms with E-state index < -0.39 is 11.3 Å². The van der Waals surface area contributed by atoms with Crippen molar-refractivity contribution >= 4 is 11.7 Å². The van der Waals surface area contributed by atoms with Crippen molar-refractivity contribution in [2.75, 3.05) is 13.2 Å². The topological polar surface area (TPSA) is 101 Å². The number of ketones is 1. The lowest BCUT2D eigenvalue weighted by Crippen LogP contribution is -2.50. The lowest BCUT2D eigenvalue weighted by Gasteiger charge is -2.37. The van der Waals surface area contributed by atoms with E-state index in [1.807, 2.05) is 0 Å². The summed E-state index contributed by atoms with van der Waals surface area (Å²) in [5.41, 5.74) is 4.73. The maximum absolute atomic E-state index is 13.7. The molecule has 1 amide bonds. The SMILES string of the molecule is CCCCCCCCCCCCCCCC(=O)C(CCCO)(C(N)=O)C(CCO)CCCCCCCCCCCCC. The van der Waals surface area contributed by atoms with Crippen LogP contribution in [0.15, 0.2) is 0 Å². The van der Waals surface area contributed by atoms with Crippen LogP contribution < -0.4 is 5.73 Å². The second kappa shape index (κ2) is 30.1. The summed E-state index contributed by atoms with van der Waals surface area (Å²) in [5, 5.41) is 19.4. The van der Waals surface area contributed by atoms with Crippen LogP contribution in [0, 0.1) is 11.3 Å². The molecule has 4 N–H and O–H groups in total. The Morgan fingerprint density at radius 1 is 0.524 bits per heavy atom. The number of amides is 1. The van der Waals surface area contributed by atoms with Crippen molar-refractivity contribution in [3.05, 3.63) is 0 Å². The number of aliphatic hydroxyl groups is 2. The maximum atomic E-state index is 13.7. The molecule has 5 heteroatoms. The summed E-state index contributed by atoms with van der Waals surface area (Å²) < 4.78 is 0. The molecule has 0 heterocycles. The number of primary amides is 1. The summed E-state index contributed by atoms with van der Waals surface area (Å²) in [7, 11) is 0. The number of rotatable bonds is 34. The van der Waals surface area contributed by atoms with Gasteiger partial charge in [0.15, 0.2) is 0 Å². The van der Waals surface area contributed by atoms with Gasteiger partial charge in [0.2, 0.25) is 5.91 Å². The zero-order valence-corrected chi connectivity index (χ0v) is 28.3. The van der Waals surface area contributed by atoms with Crippen LogP contribution in [0.5, 0.6) is 0 Å². The molecule has 0 bridgehead atoms. The zero-order valence-electron chi connectivity index (χ0n) is 28.3. The van der Waals surface area contributed by atoms with E-state index in [9.17, 15) is 19.8 Å². The number of nitrogens with two attached hydrogens (primary N) is 1. The van der Waals surface area contributed by atoms with E-state index in [1.165, 1.54) is 122 Å². The van der Waals surface area contributed by atoms with E-state index >= 15 is 0 Å². The fraction of sp³-hybridized carbons (Fsp3) is 0.946. The quantitative estimate of drug-likeness (QED) is 0.0509. The predicted octanol–water partition coefficient (Wildman–Crippen LogP) is 9.98. The minimum atomic E-state index is -1.26. The smallest absolute Gasteiger partial charge is 0.231 e. The molecule has 0 aromatic carbocycles. The minimum Gasteiger partial charge on any atom is -0.396 e. The van der Waals surface area contributed by atoms with Gasteiger partial charge in [-0.3, -0.25) is 9.59 Å². The third-order valence-electron chi connectivity index (χ3n) is 9.50. The van der Waals surface area contributed by atoms with Crippen LogP contribution >= 0.6 is 0 Å². The first-order valence-electron chi connectivity index (χ1n) is 18.6. The van der Waals surface area contributed by atoms with Gasteiger partial charge in [0.25, 0.3) is 0 Å². The zero-order chi connectivity index (χ0) is 31.2. The fourth-order valence-corrected chi connectivity index (χ4v) is 6.77. The highest BCUT2D eigenvalue weighted by Gasteiger charge is 2.48. The molecular formula is C37H73NO4. The Hall–Kier alpha value is -0.940. The summed E-state index contributed by atoms with van der Waals surface area (Å²) in [5.74, 6) is -0.871. The monoisotopic (exact) mass is 596 g/mol. The number of hydrogen-bond donors (Lipinski definition) is 3. The van der Waals surface area contributed by atoms with Gasteiger partial charge >= 0.3 is 0 Å². The molecule has 2 atom stereocenters. The van der Waals surface area contributed by atoms with E-state index in [0.29, 0.717) is 25.7 Å². The molecule has 0 spiro atoms. The van der Waals surface area contributed by atoms with E-state index in [-0.39, 0.29) is 24.9 Å². The molecule has 0 fully saturated rings. The van der Waals surface area contributed by atoms with Crippen LogP contribution in [0.25, 0.3) is 0 Å². The molecule has 0 rings (SSSR count). The third kappa shape index (κ3) is 20.1. The standard InChI is InChI=1S/C37H73NO4/c1-3-5-7-9-11-13-15-16-18-20-22-24-26-29-35(41)37(36(38)42,31-27-32-39)34(30-33-40)28-25-23-21-19-17-14-12-10-8-6-4-2/h34,39-40H,3-33H2,1-2H3,(H2,38,42). The molecule has 2 unspecified atom stereocenters. The Balaban J connectivity index is 4.57. The second-order valence-corrected chi connectivity index (χ2v) is 13.1. The lowest BCUT2D eigenvalue weighted by atomic mass is 9.64. The van der Waals surface area contributed by atoms with Crippen LogP contribution in [0.4, 0.5) is 0 Å². The normalized spacial score (nSPS) is 13.7. The van der Waals surface area contributed by atoms with Gasteiger partial charge in [0, 0.05) is 19.6 Å². The van der Waals surface area contributed by atoms with Crippen molar-refractivity contribution in [2.45, 2.75) is 200 Å². The Morgan fingerprint density at radius 3 is 1.26 bits per heavy atom. The molecule has 0 radical (unpaired) electrons. The molecular weight excluding hydrogens is 522 g/mol. The second-order valence-electron chi connectivity index (χ2n) is 13.1. The van der Waals surface area contributed by atoms with Gasteiger partial charge < -0.3 is 15.9 Å². The number of hydrogen-bond acceptors (Lipinski definition) is 4. The average molecular weight is 596 g/mol. The van der Waals surface area contributed by atoms with Crippen molar-refractivity contribution in [1.29, 1.82) is 0 Å². The summed E-state index contributed by atoms with van der Waals surface area (Å²) in [6.45, 7) is 4.39. The molecule has 0 aromatic rings. The van der Waals surface area contributed by atoms with Crippen molar-refractivity contribution in [2.24, 2.45) is 17.1 Å². The van der Waals surface area contributed by atoms with Gasteiger partial charge in [-0.15, -0.1) is 0 Å². The maximum Gasteiger partial charge on any atom is 0.231 e. The Bertz CT molecular complexity index is 611. The van der Waals surface area contributed by atoms with Crippen molar-refractivity contribution < 1.29 is 19.8 Å². The highest BCUT2D eigenvalue weighted by Crippen LogP contribution is 2.41. The number of carbonyl (C=O) groups excluding carboxylic acids is 2. The molecule has 250 valence electrons. The van der Waals surface area contributed by atoms with Crippen LogP contribution in [0.2, 0.25) is 0 Å². The number of carbonyl (C=O) groups is 2. The van der Waals surface area contributed by atoms with Crippen LogP contribution in [-0.2, 0) is 9.59 Å². The molecule has 42 heavy (non-hydrogen) atoms. The molecule has 5 nitrogen and oxygen atoms in total. The van der Waals surface area contributed by atoms with Gasteiger partial charge in [-0.05, 0) is 38.0 Å². The van der Waals surface area contributed by atoms with Crippen molar-refractivity contribution in [3.63, 3.8) is 0 Å². The number of unbranched alkanes of at least 4 members (excludes halogenated alkanes) is 22. The Labute approximate surface area is 261 Å². The first-order valence-corrected chi connectivity index (χ1v) is 18.6. The summed E-state index contributed by atoms with van der Waals surface area (Å²) in [6, 6.07) is 0. The number of aliphatic hydroxyl groups excluding tert-OH is 2. The van der Waals surface area contributed by atoms with Crippen LogP contribution in [0.1, 0.15) is 200 Å². The van der Waals surface area contributed by atoms with E-state index in [1.54, 1.807) is 0 Å². The Morgan fingerprint density at radius 2 is 0.905 bits per heavy atom. The number of Topliss-reactive ketones (excluding diaryl/α,β-unsaturated/α-hetero) is 1. The molecule has 0 aromatic heterocycles. The van der Waals surface area contributed by atoms with Gasteiger partial charge in [0.05, 0.1) is 0 Å². The van der Waals surface area contributed by atoms with Gasteiger partial charge in [-0.1, -0.05) is 162 Å². The molecule has 0 aliphatic heterocycles. The van der Waals surface area contributed by atoms with Crippen molar-refractivity contribution in [1.82, 2.24) is 0 Å². The summed E-state index contributed by atoms with van der Waals surface area (Å²) in [6.07, 6.45) is 32.1. The van der Waals surface area contributed by atoms with Gasteiger partial charge in [-0.25, -0.2) is 0 Å². The van der Waals surface area contributed by atoms with Gasteiger partial charge in [0.1, 0.15) is 11.2 Å². The van der Waals surface area contributed by atoms with E-state index in [2.05, 4.69) is 13.8 Å². The summed E-state index contributed by atoms with van der Waals surface area (Å²) >= 11 is 0. The summed E-state index contributed by atoms with van der Waals surface area (Å²) in [4.78, 5) is 26.6. The fourth-order valence-electron chi connectivity index (χ4n) is 6.77. The molecule has 0 aliphatic carbocycles. The van der Waals surface area contributed by atoms with Crippen molar-refractivity contribution in [3.8, 4) is 0 Å². The average Bonchev–Trinajstić information content (AvgIpc) is 2.98. The first-order chi connectivity index (χ1) is 20.5.